The lowest BCUT2D eigenvalue weighted by Crippen LogP contribution is -2.25. The van der Waals surface area contributed by atoms with Crippen LogP contribution in [0.25, 0.3) is 10.9 Å². The highest BCUT2D eigenvalue weighted by atomic mass is 16.3. The standard InChI is InChI=1S/C22H22N4O/c1-22(27,21-14-23-15-26(21)2)18-9-7-16(8-10-18)12-24-19-11-17-5-3-4-6-20(17)25-13-19/h3-11,13-15,24,27H,12H2,1-2H3. The third kappa shape index (κ3) is 3.41. The van der Waals surface area contributed by atoms with Crippen LogP contribution in [0.2, 0.25) is 0 Å². The highest BCUT2D eigenvalue weighted by molar-refractivity contribution is 5.81. The zero-order chi connectivity index (χ0) is 18.9. The van der Waals surface area contributed by atoms with Gasteiger partial charge >= 0.3 is 0 Å². The number of imidazole rings is 1. The number of hydrogen-bond acceptors (Lipinski definition) is 4. The normalized spacial score (nSPS) is 13.4. The molecule has 0 aliphatic heterocycles. The summed E-state index contributed by atoms with van der Waals surface area (Å²) >= 11 is 0. The van der Waals surface area contributed by atoms with Crippen molar-refractivity contribution in [2.45, 2.75) is 19.1 Å². The van der Waals surface area contributed by atoms with Crippen LogP contribution in [-0.2, 0) is 19.2 Å². The van der Waals surface area contributed by atoms with Gasteiger partial charge in [0.2, 0.25) is 0 Å². The number of hydrogen-bond donors (Lipinski definition) is 2. The van der Waals surface area contributed by atoms with Gasteiger partial charge in [-0.3, -0.25) is 4.98 Å². The monoisotopic (exact) mass is 358 g/mol. The number of benzene rings is 2. The minimum absolute atomic E-state index is 0.689. The summed E-state index contributed by atoms with van der Waals surface area (Å²) in [5.41, 5.74) is 3.62. The molecule has 5 nitrogen and oxygen atoms in total. The van der Waals surface area contributed by atoms with Gasteiger partial charge < -0.3 is 15.0 Å². The lowest BCUT2D eigenvalue weighted by atomic mass is 9.92. The van der Waals surface area contributed by atoms with Crippen molar-refractivity contribution in [3.05, 3.63) is 90.1 Å². The zero-order valence-corrected chi connectivity index (χ0v) is 15.4. The number of nitrogens with one attached hydrogen (secondary N) is 1. The van der Waals surface area contributed by atoms with Crippen LogP contribution in [0.15, 0.2) is 73.3 Å². The van der Waals surface area contributed by atoms with Crippen LogP contribution in [0.5, 0.6) is 0 Å². The molecule has 0 saturated heterocycles. The Kier molecular flexibility index (Phi) is 4.38. The summed E-state index contributed by atoms with van der Waals surface area (Å²) < 4.78 is 1.84. The van der Waals surface area contributed by atoms with Gasteiger partial charge in [-0.2, -0.15) is 0 Å². The van der Waals surface area contributed by atoms with Crippen LogP contribution in [0.4, 0.5) is 5.69 Å². The summed E-state index contributed by atoms with van der Waals surface area (Å²) in [6.45, 7) is 2.48. The number of pyridine rings is 1. The van der Waals surface area contributed by atoms with E-state index in [1.54, 1.807) is 19.4 Å². The molecule has 1 unspecified atom stereocenters. The Morgan fingerprint density at radius 3 is 2.59 bits per heavy atom. The highest BCUT2D eigenvalue weighted by Gasteiger charge is 2.28. The lowest BCUT2D eigenvalue weighted by molar-refractivity contribution is 0.0941. The average Bonchev–Trinajstić information content (AvgIpc) is 3.13. The maximum Gasteiger partial charge on any atom is 0.128 e. The van der Waals surface area contributed by atoms with E-state index in [-0.39, 0.29) is 0 Å². The van der Waals surface area contributed by atoms with Gasteiger partial charge in [0.15, 0.2) is 0 Å². The molecule has 0 spiro atoms. The number of nitrogens with zero attached hydrogens (tertiary/aromatic N) is 3. The second-order valence-corrected chi connectivity index (χ2v) is 6.93. The van der Waals surface area contributed by atoms with E-state index in [9.17, 15) is 5.11 Å². The summed E-state index contributed by atoms with van der Waals surface area (Å²) in [6.07, 6.45) is 5.24. The Labute approximate surface area is 158 Å². The maximum absolute atomic E-state index is 10.9. The topological polar surface area (TPSA) is 63.0 Å². The molecule has 4 aromatic rings. The Morgan fingerprint density at radius 2 is 1.85 bits per heavy atom. The Bertz CT molecular complexity index is 1070. The second kappa shape index (κ2) is 6.85. The van der Waals surface area contributed by atoms with E-state index >= 15 is 0 Å². The van der Waals surface area contributed by atoms with Crippen LogP contribution in [-0.4, -0.2) is 19.6 Å². The predicted octanol–water partition coefficient (Wildman–Crippen LogP) is 3.84. The van der Waals surface area contributed by atoms with E-state index in [0.717, 1.165) is 33.4 Å². The first-order valence-corrected chi connectivity index (χ1v) is 8.91. The molecule has 0 radical (unpaired) electrons. The molecule has 2 N–H and O–H groups in total. The van der Waals surface area contributed by atoms with Gasteiger partial charge in [0.05, 0.1) is 35.6 Å². The average molecular weight is 358 g/mol. The summed E-state index contributed by atoms with van der Waals surface area (Å²) in [5.74, 6) is 0. The Balaban J connectivity index is 1.48. The van der Waals surface area contributed by atoms with E-state index in [1.165, 1.54) is 0 Å². The molecular weight excluding hydrogens is 336 g/mol. The first-order chi connectivity index (χ1) is 13.0. The fraction of sp³-hybridized carbons (Fsp3) is 0.182. The van der Waals surface area contributed by atoms with Crippen LogP contribution in [0.1, 0.15) is 23.7 Å². The number of aromatic nitrogens is 3. The van der Waals surface area contributed by atoms with Crippen molar-refractivity contribution >= 4 is 16.6 Å². The molecule has 0 bridgehead atoms. The number of anilines is 1. The summed E-state index contributed by atoms with van der Waals surface area (Å²) in [7, 11) is 1.88. The van der Waals surface area contributed by atoms with E-state index in [0.29, 0.717) is 6.54 Å². The van der Waals surface area contributed by atoms with Crippen LogP contribution < -0.4 is 5.32 Å². The van der Waals surface area contributed by atoms with E-state index in [2.05, 4.69) is 27.4 Å². The Hall–Kier alpha value is -3.18. The number of aryl methyl sites for hydroxylation is 1. The Morgan fingerprint density at radius 1 is 1.07 bits per heavy atom. The molecule has 4 rings (SSSR count). The quantitative estimate of drug-likeness (QED) is 0.569. The van der Waals surface area contributed by atoms with Gasteiger partial charge in [-0.05, 0) is 30.2 Å². The minimum Gasteiger partial charge on any atom is -0.380 e. The van der Waals surface area contributed by atoms with Gasteiger partial charge in [-0.15, -0.1) is 0 Å². The molecule has 136 valence electrons. The molecule has 2 aromatic carbocycles. The zero-order valence-electron chi connectivity index (χ0n) is 15.4. The first kappa shape index (κ1) is 17.2. The largest absolute Gasteiger partial charge is 0.380 e. The van der Waals surface area contributed by atoms with Crippen LogP contribution in [0.3, 0.4) is 0 Å². The smallest absolute Gasteiger partial charge is 0.128 e. The number of fused-ring (bicyclic) bond motifs is 1. The molecule has 0 saturated carbocycles. The second-order valence-electron chi connectivity index (χ2n) is 6.93. The first-order valence-electron chi connectivity index (χ1n) is 8.91. The van der Waals surface area contributed by atoms with Crippen molar-refractivity contribution in [2.75, 3.05) is 5.32 Å². The number of rotatable bonds is 5. The number of aliphatic hydroxyl groups is 1. The van der Waals surface area contributed by atoms with Gasteiger partial charge in [0.1, 0.15) is 5.60 Å². The molecule has 5 heteroatoms. The molecule has 27 heavy (non-hydrogen) atoms. The van der Waals surface area contributed by atoms with Crippen molar-refractivity contribution in [3.63, 3.8) is 0 Å². The molecular formula is C22H22N4O. The molecule has 0 aliphatic rings. The molecule has 0 aliphatic carbocycles. The molecule has 2 aromatic heterocycles. The fourth-order valence-electron chi connectivity index (χ4n) is 3.29. The molecule has 2 heterocycles. The lowest BCUT2D eigenvalue weighted by Gasteiger charge is -2.24. The summed E-state index contributed by atoms with van der Waals surface area (Å²) in [5, 5.41) is 15.5. The molecule has 1 atom stereocenters. The van der Waals surface area contributed by atoms with E-state index < -0.39 is 5.60 Å². The number of para-hydroxylation sites is 1. The summed E-state index contributed by atoms with van der Waals surface area (Å²) in [4.78, 5) is 8.58. The summed E-state index contributed by atoms with van der Waals surface area (Å²) in [6, 6.07) is 18.2. The van der Waals surface area contributed by atoms with Gasteiger partial charge in [0.25, 0.3) is 0 Å². The van der Waals surface area contributed by atoms with E-state index in [4.69, 9.17) is 0 Å². The minimum atomic E-state index is -1.08. The highest BCUT2D eigenvalue weighted by Crippen LogP contribution is 2.28. The predicted molar refractivity (Wildman–Crippen MR) is 107 cm³/mol. The van der Waals surface area contributed by atoms with Crippen molar-refractivity contribution in [2.24, 2.45) is 7.05 Å². The van der Waals surface area contributed by atoms with Crippen molar-refractivity contribution in [1.82, 2.24) is 14.5 Å². The third-order valence-corrected chi connectivity index (χ3v) is 4.92. The van der Waals surface area contributed by atoms with E-state index in [1.807, 2.05) is 60.3 Å². The SMILES string of the molecule is Cn1cncc1C(C)(O)c1ccc(CNc2cnc3ccccc3c2)cc1. The maximum atomic E-state index is 10.9. The molecule has 0 fully saturated rings. The third-order valence-electron chi connectivity index (χ3n) is 4.92. The van der Waals surface area contributed by atoms with Crippen molar-refractivity contribution in [3.8, 4) is 0 Å². The van der Waals surface area contributed by atoms with Gasteiger partial charge in [0, 0.05) is 19.0 Å². The van der Waals surface area contributed by atoms with Crippen molar-refractivity contribution < 1.29 is 5.11 Å². The van der Waals surface area contributed by atoms with Gasteiger partial charge in [-0.25, -0.2) is 4.98 Å². The van der Waals surface area contributed by atoms with Gasteiger partial charge in [-0.1, -0.05) is 42.5 Å². The van der Waals surface area contributed by atoms with Crippen molar-refractivity contribution in [1.29, 1.82) is 0 Å². The van der Waals surface area contributed by atoms with Crippen LogP contribution >= 0.6 is 0 Å². The molecule has 0 amide bonds. The fourth-order valence-corrected chi connectivity index (χ4v) is 3.29. The van der Waals surface area contributed by atoms with Crippen LogP contribution in [0, 0.1) is 0 Å².